The van der Waals surface area contributed by atoms with Gasteiger partial charge in [-0.2, -0.15) is 5.10 Å². The van der Waals surface area contributed by atoms with Crippen LogP contribution in [0.2, 0.25) is 0 Å². The van der Waals surface area contributed by atoms with Gasteiger partial charge in [0, 0.05) is 11.9 Å². The van der Waals surface area contributed by atoms with Crippen molar-refractivity contribution in [2.45, 2.75) is 9.92 Å². The number of nitrogen functional groups attached to an aromatic ring is 1. The van der Waals surface area contributed by atoms with Crippen molar-refractivity contribution in [3.05, 3.63) is 36.5 Å². The van der Waals surface area contributed by atoms with Crippen molar-refractivity contribution in [2.75, 3.05) is 5.73 Å². The topological polar surface area (TPSA) is 101 Å². The lowest BCUT2D eigenvalue weighted by molar-refractivity contribution is 0.594. The molecule has 0 unspecified atom stereocenters. The van der Waals surface area contributed by atoms with Crippen LogP contribution in [0.15, 0.2) is 46.5 Å². The standard InChI is InChI=1S/C9H10N4O2S2/c10-7-1-3-8(4-2-7)17(14,15)13-16-9-5-6-11-12-9/h1-6,13H,10H2,(H,11,12). The molecular formula is C9H10N4O2S2. The van der Waals surface area contributed by atoms with Gasteiger partial charge in [0.25, 0.3) is 0 Å². The van der Waals surface area contributed by atoms with Crippen molar-refractivity contribution in [1.29, 1.82) is 0 Å². The molecule has 0 radical (unpaired) electrons. The minimum absolute atomic E-state index is 0.165. The maximum atomic E-state index is 11.8. The molecule has 0 atom stereocenters. The van der Waals surface area contributed by atoms with E-state index in [9.17, 15) is 8.42 Å². The molecule has 17 heavy (non-hydrogen) atoms. The van der Waals surface area contributed by atoms with Gasteiger partial charge in [0.2, 0.25) is 10.0 Å². The summed E-state index contributed by atoms with van der Waals surface area (Å²) < 4.78 is 26.0. The molecule has 2 rings (SSSR count). The van der Waals surface area contributed by atoms with Crippen LogP contribution in [0.3, 0.4) is 0 Å². The summed E-state index contributed by atoms with van der Waals surface area (Å²) in [6.07, 6.45) is 1.54. The highest BCUT2D eigenvalue weighted by atomic mass is 32.3. The lowest BCUT2D eigenvalue weighted by Gasteiger charge is -2.04. The number of nitrogens with one attached hydrogen (secondary N) is 2. The number of aromatic amines is 1. The highest BCUT2D eigenvalue weighted by molar-refractivity contribution is 8.09. The molecule has 2 aromatic rings. The minimum atomic E-state index is -3.54. The Hall–Kier alpha value is -1.51. The number of aromatic nitrogens is 2. The molecule has 8 heteroatoms. The second kappa shape index (κ2) is 4.78. The summed E-state index contributed by atoms with van der Waals surface area (Å²) in [7, 11) is -3.54. The molecule has 1 heterocycles. The lowest BCUT2D eigenvalue weighted by Crippen LogP contribution is -2.16. The Kier molecular flexibility index (Phi) is 3.36. The number of H-pyrrole nitrogens is 1. The van der Waals surface area contributed by atoms with Gasteiger partial charge in [-0.3, -0.25) is 5.10 Å². The van der Waals surface area contributed by atoms with E-state index in [1.54, 1.807) is 12.3 Å². The molecule has 0 saturated heterocycles. The fraction of sp³-hybridized carbons (Fsp3) is 0. The number of nitrogens with two attached hydrogens (primary N) is 1. The summed E-state index contributed by atoms with van der Waals surface area (Å²) in [5.41, 5.74) is 6.01. The number of hydrogen-bond acceptors (Lipinski definition) is 5. The van der Waals surface area contributed by atoms with E-state index in [1.807, 2.05) is 0 Å². The van der Waals surface area contributed by atoms with Gasteiger partial charge in [-0.05, 0) is 42.3 Å². The Morgan fingerprint density at radius 3 is 2.53 bits per heavy atom. The number of hydrogen-bond donors (Lipinski definition) is 3. The quantitative estimate of drug-likeness (QED) is 0.568. The molecule has 1 aromatic heterocycles. The summed E-state index contributed by atoms with van der Waals surface area (Å²) in [6, 6.07) is 7.64. The van der Waals surface area contributed by atoms with E-state index >= 15 is 0 Å². The second-order valence-electron chi connectivity index (χ2n) is 3.18. The average molecular weight is 270 g/mol. The maximum Gasteiger partial charge on any atom is 0.250 e. The number of anilines is 1. The van der Waals surface area contributed by atoms with Crippen LogP contribution in [0.25, 0.3) is 0 Å². The molecule has 4 N–H and O–H groups in total. The first-order valence-electron chi connectivity index (χ1n) is 4.61. The van der Waals surface area contributed by atoms with Crippen LogP contribution in [0, 0.1) is 0 Å². The summed E-state index contributed by atoms with van der Waals surface area (Å²) in [4.78, 5) is 0.165. The Bertz CT molecular complexity index is 578. The van der Waals surface area contributed by atoms with E-state index in [4.69, 9.17) is 5.73 Å². The highest BCUT2D eigenvalue weighted by Crippen LogP contribution is 2.17. The Labute approximate surface area is 103 Å². The van der Waals surface area contributed by atoms with Crippen LogP contribution in [-0.4, -0.2) is 18.6 Å². The van der Waals surface area contributed by atoms with Gasteiger partial charge in [0.1, 0.15) is 5.03 Å². The summed E-state index contributed by atoms with van der Waals surface area (Å²) in [5, 5.41) is 6.96. The number of benzene rings is 1. The van der Waals surface area contributed by atoms with Crippen LogP contribution >= 0.6 is 11.9 Å². The van der Waals surface area contributed by atoms with E-state index in [0.717, 1.165) is 11.9 Å². The van der Waals surface area contributed by atoms with Crippen LogP contribution in [0.1, 0.15) is 0 Å². The van der Waals surface area contributed by atoms with Crippen LogP contribution in [0.4, 0.5) is 5.69 Å². The predicted octanol–water partition coefficient (Wildman–Crippen LogP) is 0.978. The van der Waals surface area contributed by atoms with Crippen LogP contribution in [0.5, 0.6) is 0 Å². The van der Waals surface area contributed by atoms with Gasteiger partial charge in [0.05, 0.1) is 4.90 Å². The van der Waals surface area contributed by atoms with E-state index in [2.05, 4.69) is 14.3 Å². The molecular weight excluding hydrogens is 260 g/mol. The van der Waals surface area contributed by atoms with E-state index in [0.29, 0.717) is 10.7 Å². The molecule has 1 aromatic carbocycles. The van der Waals surface area contributed by atoms with Crippen molar-refractivity contribution in [3.63, 3.8) is 0 Å². The second-order valence-corrected chi connectivity index (χ2v) is 5.97. The highest BCUT2D eigenvalue weighted by Gasteiger charge is 2.14. The number of rotatable bonds is 4. The third-order valence-electron chi connectivity index (χ3n) is 1.93. The smallest absolute Gasteiger partial charge is 0.250 e. The molecule has 0 aliphatic carbocycles. The summed E-state index contributed by atoms with van der Waals surface area (Å²) in [6.45, 7) is 0. The minimum Gasteiger partial charge on any atom is -0.399 e. The lowest BCUT2D eigenvalue weighted by atomic mass is 10.3. The maximum absolute atomic E-state index is 11.8. The van der Waals surface area contributed by atoms with Crippen molar-refractivity contribution in [2.24, 2.45) is 0 Å². The zero-order valence-corrected chi connectivity index (χ0v) is 10.3. The van der Waals surface area contributed by atoms with Gasteiger partial charge in [-0.15, -0.1) is 4.13 Å². The largest absolute Gasteiger partial charge is 0.399 e. The monoisotopic (exact) mass is 270 g/mol. The van der Waals surface area contributed by atoms with Crippen molar-refractivity contribution in [3.8, 4) is 0 Å². The Morgan fingerprint density at radius 1 is 1.24 bits per heavy atom. The molecule has 0 spiro atoms. The molecule has 90 valence electrons. The average Bonchev–Trinajstić information content (AvgIpc) is 2.80. The summed E-state index contributed by atoms with van der Waals surface area (Å²) >= 11 is 0.946. The first kappa shape index (κ1) is 12.0. The molecule has 6 nitrogen and oxygen atoms in total. The fourth-order valence-electron chi connectivity index (χ4n) is 1.09. The fourth-order valence-corrected chi connectivity index (χ4v) is 3.00. The third kappa shape index (κ3) is 2.99. The van der Waals surface area contributed by atoms with E-state index in [-0.39, 0.29) is 4.90 Å². The van der Waals surface area contributed by atoms with Crippen molar-refractivity contribution >= 4 is 27.7 Å². The van der Waals surface area contributed by atoms with Gasteiger partial charge < -0.3 is 5.73 Å². The van der Waals surface area contributed by atoms with Crippen LogP contribution < -0.4 is 9.86 Å². The van der Waals surface area contributed by atoms with Gasteiger partial charge in [0.15, 0.2) is 0 Å². The molecule has 0 aliphatic heterocycles. The van der Waals surface area contributed by atoms with Crippen molar-refractivity contribution < 1.29 is 8.42 Å². The zero-order valence-electron chi connectivity index (χ0n) is 8.62. The molecule has 0 aliphatic rings. The first-order chi connectivity index (χ1) is 8.08. The SMILES string of the molecule is Nc1ccc(S(=O)(=O)NSc2ccn[nH]2)cc1. The van der Waals surface area contributed by atoms with Crippen LogP contribution in [-0.2, 0) is 10.0 Å². The van der Waals surface area contributed by atoms with Gasteiger partial charge >= 0.3 is 0 Å². The first-order valence-corrected chi connectivity index (χ1v) is 6.91. The van der Waals surface area contributed by atoms with E-state index in [1.165, 1.54) is 24.3 Å². The zero-order chi connectivity index (χ0) is 12.3. The van der Waals surface area contributed by atoms with Gasteiger partial charge in [-0.1, -0.05) is 0 Å². The predicted molar refractivity (Wildman–Crippen MR) is 65.6 cm³/mol. The Balaban J connectivity index is 2.11. The van der Waals surface area contributed by atoms with Gasteiger partial charge in [-0.25, -0.2) is 8.42 Å². The number of nitrogens with zero attached hydrogens (tertiary/aromatic N) is 1. The molecule has 0 saturated carbocycles. The Morgan fingerprint density at radius 2 is 1.94 bits per heavy atom. The number of sulfonamides is 1. The van der Waals surface area contributed by atoms with E-state index < -0.39 is 10.0 Å². The molecule has 0 amide bonds. The third-order valence-corrected chi connectivity index (χ3v) is 4.48. The van der Waals surface area contributed by atoms with Crippen molar-refractivity contribution in [1.82, 2.24) is 14.3 Å². The normalized spacial score (nSPS) is 11.5. The summed E-state index contributed by atoms with van der Waals surface area (Å²) in [5.74, 6) is 0. The molecule has 0 fully saturated rings. The molecule has 0 bridgehead atoms.